The molecule has 8 nitrogen and oxygen atoms in total. The zero-order chi connectivity index (χ0) is 33.4. The molecule has 0 aromatic heterocycles. The number of hydrogen-bond acceptors (Lipinski definition) is 6. The number of hydrogen-bond donors (Lipinski definition) is 0. The van der Waals surface area contributed by atoms with Crippen LogP contribution in [0.15, 0.2) is 131 Å². The lowest BCUT2D eigenvalue weighted by Crippen LogP contribution is -2.36. The third-order valence-electron chi connectivity index (χ3n) is 7.65. The van der Waals surface area contributed by atoms with Crippen molar-refractivity contribution in [3.8, 4) is 24.3 Å². The first-order valence-corrected chi connectivity index (χ1v) is 14.9. The topological polar surface area (TPSA) is 116 Å². The van der Waals surface area contributed by atoms with Gasteiger partial charge in [-0.25, -0.2) is 16.7 Å². The third-order valence-corrected chi connectivity index (χ3v) is 7.65. The molecule has 0 spiro atoms. The predicted octanol–water partition coefficient (Wildman–Crippen LogP) is 7.50. The quantitative estimate of drug-likeness (QED) is 0.165. The molecule has 0 amide bonds. The Morgan fingerprint density at radius 3 is 2.11 bits per heavy atom. The summed E-state index contributed by atoms with van der Waals surface area (Å²) < 4.78 is 5.60. The van der Waals surface area contributed by atoms with Crippen LogP contribution in [0.1, 0.15) is 24.0 Å². The van der Waals surface area contributed by atoms with Crippen LogP contribution in [0.25, 0.3) is 20.8 Å². The minimum atomic E-state index is -1.11. The maximum absolute atomic E-state index is 10.0. The van der Waals surface area contributed by atoms with E-state index >= 15 is 0 Å². The van der Waals surface area contributed by atoms with E-state index < -0.39 is 6.04 Å². The van der Waals surface area contributed by atoms with E-state index in [1.165, 1.54) is 0 Å². The fourth-order valence-corrected chi connectivity index (χ4v) is 5.51. The van der Waals surface area contributed by atoms with Crippen LogP contribution in [0.4, 0.5) is 0 Å². The fourth-order valence-electron chi connectivity index (χ4n) is 5.51. The van der Waals surface area contributed by atoms with E-state index in [-0.39, 0.29) is 16.8 Å². The Balaban J connectivity index is 1.74. The SMILES string of the molecule is [C-]#[N+]/C(C#N)=C(/C(C#N)=C/C=C/C1=C(N2CCOCC2)C(=C/C=C/C(C#N)=C(/c2ccccc2)C(C#N)[N+]#[C-])CC1)c1ccccc1. The summed E-state index contributed by atoms with van der Waals surface area (Å²) >= 11 is 0. The molecular weight excluding hydrogens is 582 g/mol. The summed E-state index contributed by atoms with van der Waals surface area (Å²) in [5.74, 6) is 0. The molecule has 2 aromatic rings. The molecule has 0 radical (unpaired) electrons. The van der Waals surface area contributed by atoms with Gasteiger partial charge in [-0.15, -0.1) is 0 Å². The highest BCUT2D eigenvalue weighted by Gasteiger charge is 2.26. The number of benzene rings is 2. The number of ether oxygens (including phenoxy) is 1. The molecule has 0 bridgehead atoms. The van der Waals surface area contributed by atoms with Gasteiger partial charge in [0, 0.05) is 24.4 Å². The minimum Gasteiger partial charge on any atom is -0.378 e. The standard InChI is InChI=1S/C39H29N7O/c1-44-35(27-42)37(29-11-5-3-6-12-29)33(25-40)17-9-15-31-19-20-32(39(31)46-21-23-47-24-22-46)16-10-18-34(26-41)38(36(28-43)45-2)30-13-7-4-8-14-30/h3-18,35H,19-24H2/b16-10+,17-9+,31-15?,34-18+,37-33+,38-36+. The first-order chi connectivity index (χ1) is 23.1. The van der Waals surface area contributed by atoms with Crippen LogP contribution in [0, 0.1) is 58.5 Å². The summed E-state index contributed by atoms with van der Waals surface area (Å²) in [6.07, 6.45) is 12.3. The Kier molecular flexibility index (Phi) is 12.0. The number of allylic oxidation sites excluding steroid dienone is 12. The molecule has 226 valence electrons. The molecule has 1 fully saturated rings. The van der Waals surface area contributed by atoms with Crippen molar-refractivity contribution in [3.63, 3.8) is 0 Å². The van der Waals surface area contributed by atoms with Crippen molar-refractivity contribution in [2.24, 2.45) is 0 Å². The Morgan fingerprint density at radius 1 is 0.851 bits per heavy atom. The monoisotopic (exact) mass is 611 g/mol. The highest BCUT2D eigenvalue weighted by molar-refractivity contribution is 5.88. The van der Waals surface area contributed by atoms with Gasteiger partial charge in [0.2, 0.25) is 0 Å². The van der Waals surface area contributed by atoms with Gasteiger partial charge in [-0.2, -0.15) is 15.8 Å². The van der Waals surface area contributed by atoms with Crippen LogP contribution < -0.4 is 0 Å². The lowest BCUT2D eigenvalue weighted by atomic mass is 9.94. The van der Waals surface area contributed by atoms with Crippen molar-refractivity contribution >= 4 is 11.1 Å². The molecule has 2 aromatic carbocycles. The van der Waals surface area contributed by atoms with Gasteiger partial charge in [-0.05, 0) is 47.3 Å². The van der Waals surface area contributed by atoms with Crippen molar-refractivity contribution in [1.29, 1.82) is 21.0 Å². The highest BCUT2D eigenvalue weighted by Crippen LogP contribution is 2.36. The fraction of sp³-hybridized carbons (Fsp3) is 0.179. The Labute approximate surface area is 275 Å². The summed E-state index contributed by atoms with van der Waals surface area (Å²) in [6, 6.07) is 25.2. The molecule has 1 aliphatic heterocycles. The number of nitriles is 4. The van der Waals surface area contributed by atoms with E-state index in [9.17, 15) is 21.0 Å². The maximum Gasteiger partial charge on any atom is 0.334 e. The number of morpholine rings is 1. The molecule has 0 N–H and O–H groups in total. The average Bonchev–Trinajstić information content (AvgIpc) is 3.53. The van der Waals surface area contributed by atoms with Crippen LogP contribution in [0.5, 0.6) is 0 Å². The first-order valence-electron chi connectivity index (χ1n) is 14.9. The molecule has 8 heteroatoms. The van der Waals surface area contributed by atoms with E-state index in [1.807, 2.05) is 48.6 Å². The van der Waals surface area contributed by atoms with Gasteiger partial charge in [0.15, 0.2) is 6.07 Å². The van der Waals surface area contributed by atoms with E-state index in [0.29, 0.717) is 48.6 Å². The Bertz CT molecular complexity index is 1930. The molecule has 1 aliphatic carbocycles. The highest BCUT2D eigenvalue weighted by atomic mass is 16.5. The van der Waals surface area contributed by atoms with Crippen molar-refractivity contribution in [2.75, 3.05) is 26.3 Å². The van der Waals surface area contributed by atoms with Crippen molar-refractivity contribution in [1.82, 2.24) is 4.90 Å². The number of nitrogens with zero attached hydrogens (tertiary/aromatic N) is 7. The Morgan fingerprint density at radius 2 is 1.53 bits per heavy atom. The molecule has 0 saturated carbocycles. The molecule has 1 unspecified atom stereocenters. The zero-order valence-corrected chi connectivity index (χ0v) is 25.6. The summed E-state index contributed by atoms with van der Waals surface area (Å²) in [5, 5.41) is 39.3. The lowest BCUT2D eigenvalue weighted by Gasteiger charge is -2.31. The second kappa shape index (κ2) is 17.0. The van der Waals surface area contributed by atoms with Gasteiger partial charge in [-0.3, -0.25) is 4.85 Å². The third kappa shape index (κ3) is 8.08. The summed E-state index contributed by atoms with van der Waals surface area (Å²) in [4.78, 5) is 9.10. The van der Waals surface area contributed by atoms with Gasteiger partial charge in [-0.1, -0.05) is 85.0 Å². The van der Waals surface area contributed by atoms with E-state index in [4.69, 9.17) is 17.9 Å². The van der Waals surface area contributed by atoms with Crippen molar-refractivity contribution in [3.05, 3.63) is 165 Å². The molecule has 1 atom stereocenters. The van der Waals surface area contributed by atoms with E-state index in [2.05, 4.69) is 26.7 Å². The average molecular weight is 612 g/mol. The van der Waals surface area contributed by atoms with Crippen LogP contribution >= 0.6 is 0 Å². The number of rotatable bonds is 9. The smallest absolute Gasteiger partial charge is 0.334 e. The van der Waals surface area contributed by atoms with Crippen molar-refractivity contribution < 1.29 is 4.74 Å². The first kappa shape index (κ1) is 33.2. The van der Waals surface area contributed by atoms with Gasteiger partial charge in [0.05, 0.1) is 54.7 Å². The minimum absolute atomic E-state index is 0.151. The van der Waals surface area contributed by atoms with Crippen LogP contribution in [-0.2, 0) is 4.74 Å². The zero-order valence-electron chi connectivity index (χ0n) is 25.6. The van der Waals surface area contributed by atoms with Crippen molar-refractivity contribution in [2.45, 2.75) is 18.9 Å². The van der Waals surface area contributed by atoms with E-state index in [1.54, 1.807) is 60.7 Å². The maximum atomic E-state index is 10.0. The van der Waals surface area contributed by atoms with Gasteiger partial charge in [0.25, 0.3) is 5.70 Å². The normalized spacial score (nSPS) is 17.5. The van der Waals surface area contributed by atoms with Crippen LogP contribution in [-0.4, -0.2) is 37.2 Å². The molecule has 47 heavy (non-hydrogen) atoms. The molecule has 4 rings (SSSR count). The van der Waals surface area contributed by atoms with E-state index in [0.717, 1.165) is 29.7 Å². The summed E-state index contributed by atoms with van der Waals surface area (Å²) in [6.45, 7) is 17.6. The lowest BCUT2D eigenvalue weighted by molar-refractivity contribution is 0.0547. The largest absolute Gasteiger partial charge is 0.378 e. The summed E-state index contributed by atoms with van der Waals surface area (Å²) in [7, 11) is 0. The van der Waals surface area contributed by atoms with Gasteiger partial charge in [0.1, 0.15) is 0 Å². The Hall–Kier alpha value is -6.68. The predicted molar refractivity (Wildman–Crippen MR) is 179 cm³/mol. The van der Waals surface area contributed by atoms with Crippen LogP contribution in [0.2, 0.25) is 0 Å². The van der Waals surface area contributed by atoms with Crippen LogP contribution in [0.3, 0.4) is 0 Å². The second-order valence-electron chi connectivity index (χ2n) is 10.4. The second-order valence-corrected chi connectivity index (χ2v) is 10.4. The molecular formula is C39H29N7O. The molecule has 2 aliphatic rings. The molecule has 1 heterocycles. The molecule has 1 saturated heterocycles. The summed E-state index contributed by atoms with van der Waals surface area (Å²) in [5.41, 5.74) is 5.44. The van der Waals surface area contributed by atoms with Gasteiger partial charge >= 0.3 is 6.04 Å². The van der Waals surface area contributed by atoms with Gasteiger partial charge < -0.3 is 9.64 Å².